The van der Waals surface area contributed by atoms with Gasteiger partial charge < -0.3 is 9.84 Å². The van der Waals surface area contributed by atoms with Crippen LogP contribution in [0.15, 0.2) is 52.8 Å². The van der Waals surface area contributed by atoms with E-state index in [9.17, 15) is 18.7 Å². The highest BCUT2D eigenvalue weighted by molar-refractivity contribution is 7.07. The summed E-state index contributed by atoms with van der Waals surface area (Å²) in [6, 6.07) is 9.75. The normalized spacial score (nSPS) is 11.6. The summed E-state index contributed by atoms with van der Waals surface area (Å²) in [4.78, 5) is 16.9. The average Bonchev–Trinajstić information content (AvgIpc) is 2.95. The molecule has 8 heteroatoms. The molecule has 1 N–H and O–H groups in total. The quantitative estimate of drug-likeness (QED) is 0.776. The highest BCUT2D eigenvalue weighted by Crippen LogP contribution is 2.20. The van der Waals surface area contributed by atoms with E-state index in [1.165, 1.54) is 12.5 Å². The molecular weight excluding hydrogens is 350 g/mol. The van der Waals surface area contributed by atoms with Crippen molar-refractivity contribution in [1.82, 2.24) is 4.57 Å². The first-order valence-corrected chi connectivity index (χ1v) is 7.96. The average molecular weight is 362 g/mol. The van der Waals surface area contributed by atoms with E-state index in [0.29, 0.717) is 11.4 Å². The van der Waals surface area contributed by atoms with Gasteiger partial charge in [0.2, 0.25) is 5.88 Å². The van der Waals surface area contributed by atoms with Gasteiger partial charge in [0, 0.05) is 0 Å². The summed E-state index contributed by atoms with van der Waals surface area (Å²) in [5, 5.41) is 11.2. The Balaban J connectivity index is 2.10. The van der Waals surface area contributed by atoms with E-state index in [1.807, 2.05) is 0 Å². The molecule has 0 saturated carbocycles. The number of ether oxygens (including phenoxy) is 1. The Morgan fingerprint density at radius 2 is 1.80 bits per heavy atom. The van der Waals surface area contributed by atoms with Crippen LogP contribution in [0.2, 0.25) is 0 Å². The number of hydrogen-bond acceptors (Lipinski definition) is 5. The fraction of sp³-hybridized carbons (Fsp3) is 0.0588. The van der Waals surface area contributed by atoms with Gasteiger partial charge in [0.1, 0.15) is 22.9 Å². The standard InChI is InChI=1S/C17H12F2N2O3S/c1-24-11-7-5-10(6-8-11)20-17-21(14(22)9-25-17)16(23)15-12(18)3-2-4-13(15)19/h2-9,22H,1H3. The minimum absolute atomic E-state index is 0.0790. The van der Waals surface area contributed by atoms with Gasteiger partial charge in [-0.05, 0) is 36.4 Å². The lowest BCUT2D eigenvalue weighted by molar-refractivity contribution is 0.0939. The molecule has 3 rings (SSSR count). The van der Waals surface area contributed by atoms with Gasteiger partial charge in [-0.25, -0.2) is 18.3 Å². The van der Waals surface area contributed by atoms with Gasteiger partial charge in [0.25, 0.3) is 5.91 Å². The first-order chi connectivity index (χ1) is 12.0. The van der Waals surface area contributed by atoms with E-state index >= 15 is 0 Å². The third-order valence-corrected chi connectivity index (χ3v) is 4.18. The first-order valence-electron chi connectivity index (χ1n) is 7.08. The Hall–Kier alpha value is -3.00. The summed E-state index contributed by atoms with van der Waals surface area (Å²) in [6.07, 6.45) is 0. The lowest BCUT2D eigenvalue weighted by Gasteiger charge is -2.06. The van der Waals surface area contributed by atoms with Crippen molar-refractivity contribution in [3.05, 3.63) is 69.8 Å². The summed E-state index contributed by atoms with van der Waals surface area (Å²) in [5.74, 6) is -2.89. The zero-order chi connectivity index (χ0) is 18.0. The first kappa shape index (κ1) is 16.8. The molecule has 0 aliphatic carbocycles. The second kappa shape index (κ2) is 6.86. The molecule has 5 nitrogen and oxygen atoms in total. The third kappa shape index (κ3) is 3.29. The number of carbonyl (C=O) groups is 1. The molecule has 3 aromatic rings. The number of benzene rings is 2. The van der Waals surface area contributed by atoms with E-state index in [2.05, 4.69) is 4.99 Å². The summed E-state index contributed by atoms with van der Waals surface area (Å²) in [5.41, 5.74) is -0.273. The summed E-state index contributed by atoms with van der Waals surface area (Å²) >= 11 is 0.965. The zero-order valence-electron chi connectivity index (χ0n) is 12.9. The number of halogens is 2. The maximum Gasteiger partial charge on any atom is 0.273 e. The van der Waals surface area contributed by atoms with Crippen LogP contribution in [0.3, 0.4) is 0 Å². The van der Waals surface area contributed by atoms with E-state index < -0.39 is 29.0 Å². The Labute approximate surface area is 145 Å². The van der Waals surface area contributed by atoms with Crippen LogP contribution in [0.4, 0.5) is 14.5 Å². The molecule has 0 aliphatic heterocycles. The predicted octanol–water partition coefficient (Wildman–Crippen LogP) is 3.46. The van der Waals surface area contributed by atoms with Crippen molar-refractivity contribution in [1.29, 1.82) is 0 Å². The van der Waals surface area contributed by atoms with Crippen molar-refractivity contribution in [2.24, 2.45) is 4.99 Å². The van der Waals surface area contributed by atoms with Crippen LogP contribution in [0, 0.1) is 11.6 Å². The minimum atomic E-state index is -1.04. The molecule has 0 atom stereocenters. The second-order valence-corrected chi connectivity index (χ2v) is 5.76. The molecule has 0 aliphatic rings. The van der Waals surface area contributed by atoms with Gasteiger partial charge in [0.15, 0.2) is 4.80 Å². The van der Waals surface area contributed by atoms with E-state index in [0.717, 1.165) is 34.1 Å². The van der Waals surface area contributed by atoms with Crippen molar-refractivity contribution >= 4 is 22.9 Å². The van der Waals surface area contributed by atoms with Crippen molar-refractivity contribution in [3.8, 4) is 11.6 Å². The van der Waals surface area contributed by atoms with Crippen molar-refractivity contribution in [2.75, 3.05) is 7.11 Å². The molecule has 25 heavy (non-hydrogen) atoms. The van der Waals surface area contributed by atoms with Crippen LogP contribution in [0.25, 0.3) is 0 Å². The summed E-state index contributed by atoms with van der Waals surface area (Å²) in [7, 11) is 1.53. The number of aromatic nitrogens is 1. The lowest BCUT2D eigenvalue weighted by Crippen LogP contribution is -2.25. The van der Waals surface area contributed by atoms with Gasteiger partial charge in [-0.1, -0.05) is 6.07 Å². The van der Waals surface area contributed by atoms with Gasteiger partial charge in [-0.3, -0.25) is 4.79 Å². The molecule has 128 valence electrons. The smallest absolute Gasteiger partial charge is 0.273 e. The van der Waals surface area contributed by atoms with Gasteiger partial charge in [-0.2, -0.15) is 0 Å². The highest BCUT2D eigenvalue weighted by atomic mass is 32.1. The van der Waals surface area contributed by atoms with Gasteiger partial charge >= 0.3 is 0 Å². The maximum absolute atomic E-state index is 13.9. The topological polar surface area (TPSA) is 63.8 Å². The predicted molar refractivity (Wildman–Crippen MR) is 88.3 cm³/mol. The molecule has 0 unspecified atom stereocenters. The molecular formula is C17H12F2N2O3S. The number of aromatic hydroxyl groups is 1. The molecule has 1 heterocycles. The van der Waals surface area contributed by atoms with Crippen LogP contribution < -0.4 is 9.54 Å². The fourth-order valence-electron chi connectivity index (χ4n) is 2.16. The van der Waals surface area contributed by atoms with Crippen LogP contribution >= 0.6 is 11.3 Å². The van der Waals surface area contributed by atoms with E-state index in [4.69, 9.17) is 4.74 Å². The Morgan fingerprint density at radius 1 is 1.16 bits per heavy atom. The van der Waals surface area contributed by atoms with Gasteiger partial charge in [0.05, 0.1) is 18.2 Å². The Morgan fingerprint density at radius 3 is 2.40 bits per heavy atom. The lowest BCUT2D eigenvalue weighted by atomic mass is 10.2. The number of nitrogens with zero attached hydrogens (tertiary/aromatic N) is 2. The highest BCUT2D eigenvalue weighted by Gasteiger charge is 2.22. The fourth-order valence-corrected chi connectivity index (χ4v) is 2.91. The van der Waals surface area contributed by atoms with Crippen LogP contribution in [0.5, 0.6) is 11.6 Å². The third-order valence-electron chi connectivity index (χ3n) is 3.37. The van der Waals surface area contributed by atoms with Crippen molar-refractivity contribution in [2.45, 2.75) is 0 Å². The maximum atomic E-state index is 13.9. The van der Waals surface area contributed by atoms with Crippen LogP contribution in [-0.4, -0.2) is 22.7 Å². The monoisotopic (exact) mass is 362 g/mol. The summed E-state index contributed by atoms with van der Waals surface area (Å²) < 4.78 is 33.5. The Bertz CT molecular complexity index is 974. The van der Waals surface area contributed by atoms with Crippen molar-refractivity contribution in [3.63, 3.8) is 0 Å². The number of methoxy groups -OCH3 is 1. The SMILES string of the molecule is COc1ccc(N=c2scc(O)n2C(=O)c2c(F)cccc2F)cc1. The molecule has 0 bridgehead atoms. The number of rotatable bonds is 3. The summed E-state index contributed by atoms with van der Waals surface area (Å²) in [6.45, 7) is 0. The second-order valence-electron chi connectivity index (χ2n) is 4.92. The molecule has 2 aromatic carbocycles. The molecule has 0 amide bonds. The molecule has 0 radical (unpaired) electrons. The van der Waals surface area contributed by atoms with E-state index in [1.54, 1.807) is 24.3 Å². The van der Waals surface area contributed by atoms with Gasteiger partial charge in [-0.15, -0.1) is 11.3 Å². The number of thiazole rings is 1. The molecule has 1 aromatic heterocycles. The zero-order valence-corrected chi connectivity index (χ0v) is 13.8. The largest absolute Gasteiger partial charge is 0.497 e. The van der Waals surface area contributed by atoms with Crippen molar-refractivity contribution < 1.29 is 23.4 Å². The minimum Gasteiger partial charge on any atom is -0.497 e. The number of hydrogen-bond donors (Lipinski definition) is 1. The Kier molecular flexibility index (Phi) is 4.62. The molecule has 0 saturated heterocycles. The van der Waals surface area contributed by atoms with E-state index in [-0.39, 0.29) is 4.80 Å². The molecule has 0 fully saturated rings. The number of carbonyl (C=O) groups excluding carboxylic acids is 1. The van der Waals surface area contributed by atoms with Crippen LogP contribution in [-0.2, 0) is 0 Å². The van der Waals surface area contributed by atoms with Crippen LogP contribution in [0.1, 0.15) is 10.4 Å². The molecule has 0 spiro atoms.